The second-order valence-electron chi connectivity index (χ2n) is 5.94. The SMILES string of the molecule is C/C(=N\Nc1ccc(S(=O)(=O)N2CCCC2)cc1[N+](=O)[O-])c1ccc[nH]1. The zero-order valence-corrected chi connectivity index (χ0v) is 15.0. The minimum absolute atomic E-state index is 0.0817. The standard InChI is InChI=1S/C16H19N5O4S/c1-12(14-5-4-8-17-14)18-19-15-7-6-13(11-16(15)21(22)23)26(24,25)20-9-2-3-10-20/h4-8,11,17,19H,2-3,9-10H2,1H3/b18-12+. The largest absolute Gasteiger partial charge is 0.360 e. The van der Waals surface area contributed by atoms with Gasteiger partial charge in [0.2, 0.25) is 10.0 Å². The fourth-order valence-corrected chi connectivity index (χ4v) is 4.29. The van der Waals surface area contributed by atoms with Crippen LogP contribution in [0.3, 0.4) is 0 Å². The van der Waals surface area contributed by atoms with Gasteiger partial charge in [0.25, 0.3) is 5.69 Å². The van der Waals surface area contributed by atoms with Gasteiger partial charge in [-0.2, -0.15) is 9.41 Å². The normalized spacial score (nSPS) is 16.0. The van der Waals surface area contributed by atoms with Crippen LogP contribution in [0.15, 0.2) is 46.5 Å². The first-order chi connectivity index (χ1) is 12.4. The molecule has 0 unspecified atom stereocenters. The molecule has 1 aromatic heterocycles. The van der Waals surface area contributed by atoms with Gasteiger partial charge in [0.15, 0.2) is 0 Å². The molecule has 0 aliphatic carbocycles. The summed E-state index contributed by atoms with van der Waals surface area (Å²) >= 11 is 0. The molecule has 138 valence electrons. The number of sulfonamides is 1. The molecule has 0 bridgehead atoms. The molecule has 0 atom stereocenters. The van der Waals surface area contributed by atoms with Crippen molar-refractivity contribution in [1.82, 2.24) is 9.29 Å². The summed E-state index contributed by atoms with van der Waals surface area (Å²) in [6, 6.07) is 7.44. The number of rotatable bonds is 6. The zero-order valence-electron chi connectivity index (χ0n) is 14.2. The highest BCUT2D eigenvalue weighted by Crippen LogP contribution is 2.30. The van der Waals surface area contributed by atoms with E-state index in [9.17, 15) is 18.5 Å². The van der Waals surface area contributed by atoms with Gasteiger partial charge in [-0.15, -0.1) is 0 Å². The van der Waals surface area contributed by atoms with Crippen LogP contribution >= 0.6 is 0 Å². The Labute approximate surface area is 150 Å². The molecule has 0 spiro atoms. The molecular weight excluding hydrogens is 358 g/mol. The molecule has 0 radical (unpaired) electrons. The fraction of sp³-hybridized carbons (Fsp3) is 0.312. The van der Waals surface area contributed by atoms with Crippen molar-refractivity contribution in [2.24, 2.45) is 5.10 Å². The van der Waals surface area contributed by atoms with Crippen LogP contribution in [-0.2, 0) is 10.0 Å². The molecule has 10 heteroatoms. The highest BCUT2D eigenvalue weighted by molar-refractivity contribution is 7.89. The summed E-state index contributed by atoms with van der Waals surface area (Å²) in [4.78, 5) is 13.7. The zero-order chi connectivity index (χ0) is 18.7. The molecular formula is C16H19N5O4S. The lowest BCUT2D eigenvalue weighted by Gasteiger charge is -2.15. The molecule has 26 heavy (non-hydrogen) atoms. The number of nitrogens with zero attached hydrogens (tertiary/aromatic N) is 3. The van der Waals surface area contributed by atoms with Crippen molar-refractivity contribution in [3.8, 4) is 0 Å². The Morgan fingerprint density at radius 1 is 1.31 bits per heavy atom. The molecule has 2 N–H and O–H groups in total. The van der Waals surface area contributed by atoms with Crippen molar-refractivity contribution in [3.63, 3.8) is 0 Å². The van der Waals surface area contributed by atoms with Crippen molar-refractivity contribution < 1.29 is 13.3 Å². The number of nitrogens with one attached hydrogen (secondary N) is 2. The first-order valence-electron chi connectivity index (χ1n) is 8.12. The maximum atomic E-state index is 12.6. The summed E-state index contributed by atoms with van der Waals surface area (Å²) in [6.45, 7) is 2.63. The van der Waals surface area contributed by atoms with E-state index in [0.717, 1.165) is 24.6 Å². The molecule has 9 nitrogen and oxygen atoms in total. The Balaban J connectivity index is 1.90. The Kier molecular flexibility index (Phi) is 5.05. The van der Waals surface area contributed by atoms with E-state index in [0.29, 0.717) is 18.8 Å². The molecule has 1 aliphatic rings. The maximum absolute atomic E-state index is 12.6. The van der Waals surface area contributed by atoms with Crippen LogP contribution in [0.1, 0.15) is 25.5 Å². The minimum atomic E-state index is -3.72. The Morgan fingerprint density at radius 3 is 2.65 bits per heavy atom. The lowest BCUT2D eigenvalue weighted by Crippen LogP contribution is -2.27. The van der Waals surface area contributed by atoms with E-state index in [1.54, 1.807) is 13.1 Å². The van der Waals surface area contributed by atoms with E-state index < -0.39 is 14.9 Å². The van der Waals surface area contributed by atoms with Gasteiger partial charge in [-0.1, -0.05) is 0 Å². The summed E-state index contributed by atoms with van der Waals surface area (Å²) in [7, 11) is -3.72. The number of hydrazone groups is 1. The number of nitro benzene ring substituents is 1. The molecule has 0 saturated carbocycles. The van der Waals surface area contributed by atoms with E-state index in [1.165, 1.54) is 16.4 Å². The third-order valence-corrected chi connectivity index (χ3v) is 6.10. The van der Waals surface area contributed by atoms with E-state index >= 15 is 0 Å². The second kappa shape index (κ2) is 7.26. The van der Waals surface area contributed by atoms with Crippen LogP contribution in [0.25, 0.3) is 0 Å². The molecule has 1 aliphatic heterocycles. The quantitative estimate of drug-likeness (QED) is 0.455. The summed E-state index contributed by atoms with van der Waals surface area (Å²) in [5, 5.41) is 15.5. The van der Waals surface area contributed by atoms with Crippen LogP contribution in [0.4, 0.5) is 11.4 Å². The topological polar surface area (TPSA) is 121 Å². The van der Waals surface area contributed by atoms with E-state index in [4.69, 9.17) is 0 Å². The van der Waals surface area contributed by atoms with Gasteiger partial charge >= 0.3 is 0 Å². The van der Waals surface area contributed by atoms with Crippen molar-refractivity contribution in [3.05, 3.63) is 52.3 Å². The summed E-state index contributed by atoms with van der Waals surface area (Å²) in [5.41, 5.74) is 3.82. The highest BCUT2D eigenvalue weighted by Gasteiger charge is 2.29. The number of hydrogen-bond acceptors (Lipinski definition) is 6. The van der Waals surface area contributed by atoms with Crippen molar-refractivity contribution >= 4 is 27.1 Å². The number of benzene rings is 1. The molecule has 1 saturated heterocycles. The molecule has 1 aromatic carbocycles. The maximum Gasteiger partial charge on any atom is 0.295 e. The van der Waals surface area contributed by atoms with Crippen LogP contribution in [0.5, 0.6) is 0 Å². The predicted octanol–water partition coefficient (Wildman–Crippen LogP) is 2.54. The second-order valence-corrected chi connectivity index (χ2v) is 7.88. The van der Waals surface area contributed by atoms with Crippen LogP contribution in [0, 0.1) is 10.1 Å². The van der Waals surface area contributed by atoms with Crippen molar-refractivity contribution in [1.29, 1.82) is 0 Å². The van der Waals surface area contributed by atoms with E-state index in [1.807, 2.05) is 12.1 Å². The van der Waals surface area contributed by atoms with Crippen molar-refractivity contribution in [2.75, 3.05) is 18.5 Å². The number of aromatic amines is 1. The lowest BCUT2D eigenvalue weighted by atomic mass is 10.3. The third kappa shape index (κ3) is 3.60. The molecule has 0 amide bonds. The van der Waals surface area contributed by atoms with Gasteiger partial charge in [0.1, 0.15) is 5.69 Å². The smallest absolute Gasteiger partial charge is 0.295 e. The Hall–Kier alpha value is -2.72. The lowest BCUT2D eigenvalue weighted by molar-refractivity contribution is -0.384. The molecule has 1 fully saturated rings. The first-order valence-corrected chi connectivity index (χ1v) is 9.56. The van der Waals surface area contributed by atoms with Gasteiger partial charge in [-0.25, -0.2) is 8.42 Å². The first kappa shape index (κ1) is 18.1. The Morgan fingerprint density at radius 2 is 2.04 bits per heavy atom. The minimum Gasteiger partial charge on any atom is -0.360 e. The third-order valence-electron chi connectivity index (χ3n) is 4.20. The van der Waals surface area contributed by atoms with Gasteiger partial charge in [0, 0.05) is 25.4 Å². The van der Waals surface area contributed by atoms with Crippen LogP contribution in [-0.4, -0.2) is 41.4 Å². The molecule has 2 heterocycles. The summed E-state index contributed by atoms with van der Waals surface area (Å²) in [5.74, 6) is 0. The van der Waals surface area contributed by atoms with Crippen molar-refractivity contribution in [2.45, 2.75) is 24.7 Å². The van der Waals surface area contributed by atoms with E-state index in [-0.39, 0.29) is 16.3 Å². The van der Waals surface area contributed by atoms with Gasteiger partial charge in [-0.3, -0.25) is 15.5 Å². The highest BCUT2D eigenvalue weighted by atomic mass is 32.2. The average Bonchev–Trinajstić information content (AvgIpc) is 3.32. The predicted molar refractivity (Wildman–Crippen MR) is 97.7 cm³/mol. The summed E-state index contributed by atoms with van der Waals surface area (Å²) in [6.07, 6.45) is 3.34. The van der Waals surface area contributed by atoms with E-state index in [2.05, 4.69) is 15.5 Å². The number of H-pyrrole nitrogens is 1. The fourth-order valence-electron chi connectivity index (χ4n) is 2.75. The molecule has 2 aromatic rings. The number of aromatic nitrogens is 1. The van der Waals surface area contributed by atoms with Crippen LogP contribution < -0.4 is 5.43 Å². The average molecular weight is 377 g/mol. The number of nitro groups is 1. The summed E-state index contributed by atoms with van der Waals surface area (Å²) < 4.78 is 26.5. The van der Waals surface area contributed by atoms with Gasteiger partial charge in [0.05, 0.1) is 21.2 Å². The van der Waals surface area contributed by atoms with Crippen LogP contribution in [0.2, 0.25) is 0 Å². The number of hydrogen-bond donors (Lipinski definition) is 2. The van der Waals surface area contributed by atoms with Gasteiger partial charge in [-0.05, 0) is 44.0 Å². The monoisotopic (exact) mass is 377 g/mol. The number of anilines is 1. The van der Waals surface area contributed by atoms with Gasteiger partial charge < -0.3 is 4.98 Å². The molecule has 3 rings (SSSR count). The Bertz CT molecular complexity index is 932.